The average molecular weight is 339 g/mol. The maximum atomic E-state index is 12.2. The van der Waals surface area contributed by atoms with Gasteiger partial charge < -0.3 is 10.6 Å². The standard InChI is InChI=1S/C14H15BrN2OS/c1-2-16-12-6-4-3-5-10(12)14(18)17-9-13-11(15)7-8-19-13/h3-8,16H,2,9H2,1H3,(H,17,18). The molecular weight excluding hydrogens is 324 g/mol. The number of nitrogens with one attached hydrogen (secondary N) is 2. The fourth-order valence-electron chi connectivity index (χ4n) is 1.73. The second kappa shape index (κ2) is 6.73. The third-order valence-corrected chi connectivity index (χ3v) is 4.57. The van der Waals surface area contributed by atoms with Gasteiger partial charge >= 0.3 is 0 Å². The summed E-state index contributed by atoms with van der Waals surface area (Å²) in [6, 6.07) is 9.52. The van der Waals surface area contributed by atoms with Gasteiger partial charge in [-0.3, -0.25) is 4.79 Å². The quantitative estimate of drug-likeness (QED) is 0.868. The van der Waals surface area contributed by atoms with E-state index in [9.17, 15) is 4.79 Å². The Hall–Kier alpha value is -1.33. The molecule has 2 rings (SSSR count). The van der Waals surface area contributed by atoms with Gasteiger partial charge in [0, 0.05) is 21.6 Å². The normalized spacial score (nSPS) is 10.2. The van der Waals surface area contributed by atoms with Gasteiger partial charge in [0.05, 0.1) is 12.1 Å². The summed E-state index contributed by atoms with van der Waals surface area (Å²) in [5, 5.41) is 8.13. The molecule has 0 saturated heterocycles. The minimum atomic E-state index is -0.0585. The molecule has 0 fully saturated rings. The van der Waals surface area contributed by atoms with E-state index in [1.54, 1.807) is 11.3 Å². The van der Waals surface area contributed by atoms with Crippen molar-refractivity contribution in [3.05, 3.63) is 50.6 Å². The molecule has 0 aliphatic rings. The van der Waals surface area contributed by atoms with Crippen molar-refractivity contribution in [1.82, 2.24) is 5.32 Å². The molecule has 0 bridgehead atoms. The summed E-state index contributed by atoms with van der Waals surface area (Å²) in [7, 11) is 0. The van der Waals surface area contributed by atoms with E-state index >= 15 is 0 Å². The molecule has 2 aromatic rings. The van der Waals surface area contributed by atoms with Crippen molar-refractivity contribution in [3.63, 3.8) is 0 Å². The second-order valence-electron chi connectivity index (χ2n) is 3.95. The smallest absolute Gasteiger partial charge is 0.253 e. The topological polar surface area (TPSA) is 41.1 Å². The predicted octanol–water partition coefficient (Wildman–Crippen LogP) is 3.87. The SMILES string of the molecule is CCNc1ccccc1C(=O)NCc1sccc1Br. The predicted molar refractivity (Wildman–Crippen MR) is 83.8 cm³/mol. The zero-order valence-electron chi connectivity index (χ0n) is 10.6. The molecule has 19 heavy (non-hydrogen) atoms. The van der Waals surface area contributed by atoms with E-state index in [4.69, 9.17) is 0 Å². The molecule has 0 spiro atoms. The number of hydrogen-bond donors (Lipinski definition) is 2. The Morgan fingerprint density at radius 2 is 2.11 bits per heavy atom. The van der Waals surface area contributed by atoms with Gasteiger partial charge in [0.25, 0.3) is 5.91 Å². The van der Waals surface area contributed by atoms with Crippen LogP contribution in [0.25, 0.3) is 0 Å². The van der Waals surface area contributed by atoms with Gasteiger partial charge in [0.2, 0.25) is 0 Å². The molecule has 0 aliphatic heterocycles. The van der Waals surface area contributed by atoms with Crippen molar-refractivity contribution in [2.45, 2.75) is 13.5 Å². The summed E-state index contributed by atoms with van der Waals surface area (Å²) in [6.07, 6.45) is 0. The molecule has 1 aromatic heterocycles. The molecule has 0 aliphatic carbocycles. The van der Waals surface area contributed by atoms with Gasteiger partial charge in [0.1, 0.15) is 0 Å². The molecule has 0 unspecified atom stereocenters. The largest absolute Gasteiger partial charge is 0.385 e. The first kappa shape index (κ1) is 14.1. The van der Waals surface area contributed by atoms with Gasteiger partial charge in [-0.05, 0) is 46.4 Å². The number of para-hydroxylation sites is 1. The van der Waals surface area contributed by atoms with Gasteiger partial charge in [-0.25, -0.2) is 0 Å². The summed E-state index contributed by atoms with van der Waals surface area (Å²) in [6.45, 7) is 3.34. The van der Waals surface area contributed by atoms with Crippen LogP contribution in [0.3, 0.4) is 0 Å². The first-order valence-electron chi connectivity index (χ1n) is 6.05. The van der Waals surface area contributed by atoms with E-state index in [0.29, 0.717) is 12.1 Å². The molecule has 5 heteroatoms. The number of anilines is 1. The first-order chi connectivity index (χ1) is 9.22. The lowest BCUT2D eigenvalue weighted by Gasteiger charge is -2.10. The van der Waals surface area contributed by atoms with Crippen LogP contribution in [0.5, 0.6) is 0 Å². The Morgan fingerprint density at radius 1 is 1.32 bits per heavy atom. The fraction of sp³-hybridized carbons (Fsp3) is 0.214. The van der Waals surface area contributed by atoms with Gasteiger partial charge in [-0.1, -0.05) is 12.1 Å². The highest BCUT2D eigenvalue weighted by molar-refractivity contribution is 9.10. The van der Waals surface area contributed by atoms with Crippen molar-refractivity contribution >= 4 is 38.9 Å². The second-order valence-corrected chi connectivity index (χ2v) is 5.81. The van der Waals surface area contributed by atoms with E-state index in [-0.39, 0.29) is 5.91 Å². The zero-order valence-corrected chi connectivity index (χ0v) is 13.0. The molecular formula is C14H15BrN2OS. The van der Waals surface area contributed by atoms with Crippen LogP contribution >= 0.6 is 27.3 Å². The highest BCUT2D eigenvalue weighted by Gasteiger charge is 2.11. The molecule has 100 valence electrons. The fourth-order valence-corrected chi connectivity index (χ4v) is 3.16. The number of thiophene rings is 1. The van der Waals surface area contributed by atoms with E-state index < -0.39 is 0 Å². The molecule has 3 nitrogen and oxygen atoms in total. The minimum absolute atomic E-state index is 0.0585. The molecule has 1 heterocycles. The summed E-state index contributed by atoms with van der Waals surface area (Å²) < 4.78 is 1.04. The summed E-state index contributed by atoms with van der Waals surface area (Å²) in [5.41, 5.74) is 1.55. The van der Waals surface area contributed by atoms with Crippen molar-refractivity contribution in [1.29, 1.82) is 0 Å². The van der Waals surface area contributed by atoms with Gasteiger partial charge in [-0.15, -0.1) is 11.3 Å². The summed E-state index contributed by atoms with van der Waals surface area (Å²) >= 11 is 5.08. The Balaban J connectivity index is 2.06. The van der Waals surface area contributed by atoms with Crippen LogP contribution < -0.4 is 10.6 Å². The summed E-state index contributed by atoms with van der Waals surface area (Å²) in [5.74, 6) is -0.0585. The summed E-state index contributed by atoms with van der Waals surface area (Å²) in [4.78, 5) is 13.3. The highest BCUT2D eigenvalue weighted by atomic mass is 79.9. The first-order valence-corrected chi connectivity index (χ1v) is 7.72. The Labute approximate surface area is 125 Å². The lowest BCUT2D eigenvalue weighted by atomic mass is 10.1. The monoisotopic (exact) mass is 338 g/mol. The minimum Gasteiger partial charge on any atom is -0.385 e. The van der Waals surface area contributed by atoms with Gasteiger partial charge in [-0.2, -0.15) is 0 Å². The van der Waals surface area contributed by atoms with Crippen LogP contribution in [-0.2, 0) is 6.54 Å². The van der Waals surface area contributed by atoms with Crippen molar-refractivity contribution in [2.75, 3.05) is 11.9 Å². The zero-order chi connectivity index (χ0) is 13.7. The molecule has 1 amide bonds. The van der Waals surface area contributed by atoms with E-state index in [0.717, 1.165) is 21.6 Å². The van der Waals surface area contributed by atoms with E-state index in [2.05, 4.69) is 26.6 Å². The number of halogens is 1. The number of benzene rings is 1. The van der Waals surface area contributed by atoms with Crippen LogP contribution in [0, 0.1) is 0 Å². The van der Waals surface area contributed by atoms with Crippen LogP contribution in [0.2, 0.25) is 0 Å². The average Bonchev–Trinajstić information content (AvgIpc) is 2.82. The maximum Gasteiger partial charge on any atom is 0.253 e. The molecule has 0 saturated carbocycles. The third kappa shape index (κ3) is 3.58. The maximum absolute atomic E-state index is 12.2. The van der Waals surface area contributed by atoms with E-state index in [1.165, 1.54) is 0 Å². The van der Waals surface area contributed by atoms with Crippen LogP contribution in [0.1, 0.15) is 22.2 Å². The number of amides is 1. The Kier molecular flexibility index (Phi) is 4.99. The van der Waals surface area contributed by atoms with Crippen molar-refractivity contribution in [2.24, 2.45) is 0 Å². The molecule has 0 radical (unpaired) electrons. The van der Waals surface area contributed by atoms with Crippen molar-refractivity contribution in [3.8, 4) is 0 Å². The molecule has 2 N–H and O–H groups in total. The number of rotatable bonds is 5. The lowest BCUT2D eigenvalue weighted by molar-refractivity contribution is 0.0952. The number of hydrogen-bond acceptors (Lipinski definition) is 3. The van der Waals surface area contributed by atoms with Crippen molar-refractivity contribution < 1.29 is 4.79 Å². The number of carbonyl (C=O) groups is 1. The highest BCUT2D eigenvalue weighted by Crippen LogP contribution is 2.22. The van der Waals surface area contributed by atoms with Crippen LogP contribution in [0.4, 0.5) is 5.69 Å². The van der Waals surface area contributed by atoms with Gasteiger partial charge in [0.15, 0.2) is 0 Å². The molecule has 1 aromatic carbocycles. The Morgan fingerprint density at radius 3 is 2.79 bits per heavy atom. The Bertz CT molecular complexity index is 568. The lowest BCUT2D eigenvalue weighted by Crippen LogP contribution is -2.23. The van der Waals surface area contributed by atoms with E-state index in [1.807, 2.05) is 42.6 Å². The number of carbonyl (C=O) groups excluding carboxylic acids is 1. The molecule has 0 atom stereocenters. The van der Waals surface area contributed by atoms with Crippen LogP contribution in [0.15, 0.2) is 40.2 Å². The third-order valence-electron chi connectivity index (χ3n) is 2.64. The van der Waals surface area contributed by atoms with Crippen LogP contribution in [-0.4, -0.2) is 12.5 Å².